The Morgan fingerprint density at radius 1 is 1.47 bits per heavy atom. The first kappa shape index (κ1) is 12.3. The minimum Gasteiger partial charge on any atom is -0.382 e. The van der Waals surface area contributed by atoms with Gasteiger partial charge in [0.05, 0.1) is 18.5 Å². The maximum Gasteiger partial charge on any atom is 0.167 e. The van der Waals surface area contributed by atoms with Crippen molar-refractivity contribution in [3.05, 3.63) is 12.7 Å². The van der Waals surface area contributed by atoms with Gasteiger partial charge in [-0.3, -0.25) is 4.57 Å². The minimum absolute atomic E-state index is 0.103. The SMILES string of the molecule is CC[C@H]1O[C@@H](n2cnc3c(N)ncnc32)C[C@H]1OC. The van der Waals surface area contributed by atoms with Gasteiger partial charge in [-0.15, -0.1) is 0 Å². The number of nitrogens with zero attached hydrogens (tertiary/aromatic N) is 4. The summed E-state index contributed by atoms with van der Waals surface area (Å²) >= 11 is 0. The fourth-order valence-corrected chi connectivity index (χ4v) is 2.56. The van der Waals surface area contributed by atoms with E-state index in [1.165, 1.54) is 6.33 Å². The van der Waals surface area contributed by atoms with Crippen LogP contribution in [0.15, 0.2) is 12.7 Å². The van der Waals surface area contributed by atoms with Crippen LogP contribution in [0.2, 0.25) is 0 Å². The number of hydrogen-bond donors (Lipinski definition) is 1. The molecule has 3 heterocycles. The maximum absolute atomic E-state index is 6.00. The second-order valence-electron chi connectivity index (χ2n) is 4.63. The molecule has 0 radical (unpaired) electrons. The Balaban J connectivity index is 1.95. The molecule has 3 atom stereocenters. The number of aromatic nitrogens is 4. The number of nitrogens with two attached hydrogens (primary N) is 1. The summed E-state index contributed by atoms with van der Waals surface area (Å²) in [6.07, 6.45) is 4.93. The van der Waals surface area contributed by atoms with Crippen LogP contribution in [0.3, 0.4) is 0 Å². The summed E-state index contributed by atoms with van der Waals surface area (Å²) in [7, 11) is 1.71. The maximum atomic E-state index is 6.00. The second-order valence-corrected chi connectivity index (χ2v) is 4.63. The Bertz CT molecular complexity index is 573. The Morgan fingerprint density at radius 3 is 3.00 bits per heavy atom. The molecular formula is C12H17N5O2. The number of anilines is 1. The summed E-state index contributed by atoms with van der Waals surface area (Å²) < 4.78 is 13.4. The normalized spacial score (nSPS) is 27.2. The molecule has 0 unspecified atom stereocenters. The number of methoxy groups -OCH3 is 1. The van der Waals surface area contributed by atoms with E-state index < -0.39 is 0 Å². The van der Waals surface area contributed by atoms with Crippen LogP contribution in [-0.2, 0) is 9.47 Å². The van der Waals surface area contributed by atoms with Crippen molar-refractivity contribution in [2.24, 2.45) is 0 Å². The highest BCUT2D eigenvalue weighted by Gasteiger charge is 2.35. The van der Waals surface area contributed by atoms with Crippen molar-refractivity contribution in [2.75, 3.05) is 12.8 Å². The second kappa shape index (κ2) is 4.75. The highest BCUT2D eigenvalue weighted by molar-refractivity contribution is 5.81. The molecule has 2 aromatic rings. The number of nitrogen functional groups attached to an aromatic ring is 1. The molecule has 0 saturated carbocycles. The van der Waals surface area contributed by atoms with E-state index in [-0.39, 0.29) is 18.4 Å². The van der Waals surface area contributed by atoms with Crippen LogP contribution in [0.4, 0.5) is 5.82 Å². The zero-order valence-electron chi connectivity index (χ0n) is 11.0. The van der Waals surface area contributed by atoms with E-state index in [4.69, 9.17) is 15.2 Å². The van der Waals surface area contributed by atoms with Crippen molar-refractivity contribution in [2.45, 2.75) is 38.2 Å². The fraction of sp³-hybridized carbons (Fsp3) is 0.583. The third kappa shape index (κ3) is 1.95. The van der Waals surface area contributed by atoms with Crippen molar-refractivity contribution >= 4 is 17.0 Å². The van der Waals surface area contributed by atoms with Gasteiger partial charge in [0, 0.05) is 13.5 Å². The smallest absolute Gasteiger partial charge is 0.167 e. The van der Waals surface area contributed by atoms with Gasteiger partial charge in [-0.1, -0.05) is 6.92 Å². The monoisotopic (exact) mass is 263 g/mol. The molecule has 0 spiro atoms. The number of ether oxygens (including phenoxy) is 2. The van der Waals surface area contributed by atoms with Crippen LogP contribution in [0.5, 0.6) is 0 Å². The summed E-state index contributed by atoms with van der Waals surface area (Å²) in [6, 6.07) is 0. The Morgan fingerprint density at radius 2 is 2.32 bits per heavy atom. The molecule has 2 aromatic heterocycles. The van der Waals surface area contributed by atoms with Crippen LogP contribution < -0.4 is 5.73 Å². The molecule has 0 aromatic carbocycles. The molecule has 0 bridgehead atoms. The van der Waals surface area contributed by atoms with Gasteiger partial charge in [-0.25, -0.2) is 15.0 Å². The van der Waals surface area contributed by atoms with Crippen molar-refractivity contribution in [3.8, 4) is 0 Å². The first-order valence-electron chi connectivity index (χ1n) is 6.35. The molecule has 1 aliphatic heterocycles. The first-order valence-corrected chi connectivity index (χ1v) is 6.35. The molecule has 19 heavy (non-hydrogen) atoms. The molecule has 1 aliphatic rings. The lowest BCUT2D eigenvalue weighted by molar-refractivity contribution is -0.0273. The predicted molar refractivity (Wildman–Crippen MR) is 69.4 cm³/mol. The zero-order valence-corrected chi connectivity index (χ0v) is 11.0. The van der Waals surface area contributed by atoms with Gasteiger partial charge in [-0.2, -0.15) is 0 Å². The average molecular weight is 263 g/mol. The number of imidazole rings is 1. The van der Waals surface area contributed by atoms with Crippen molar-refractivity contribution in [3.63, 3.8) is 0 Å². The Hall–Kier alpha value is -1.73. The van der Waals surface area contributed by atoms with Crippen LogP contribution >= 0.6 is 0 Å². The zero-order chi connectivity index (χ0) is 13.4. The van der Waals surface area contributed by atoms with Gasteiger partial charge in [0.15, 0.2) is 11.5 Å². The quantitative estimate of drug-likeness (QED) is 0.892. The molecule has 7 heteroatoms. The van der Waals surface area contributed by atoms with Crippen molar-refractivity contribution in [1.82, 2.24) is 19.5 Å². The molecule has 0 amide bonds. The molecule has 7 nitrogen and oxygen atoms in total. The summed E-state index contributed by atoms with van der Waals surface area (Å²) in [5.41, 5.74) is 7.09. The number of hydrogen-bond acceptors (Lipinski definition) is 6. The first-order chi connectivity index (χ1) is 9.24. The summed E-state index contributed by atoms with van der Waals surface area (Å²) in [5.74, 6) is 0.386. The highest BCUT2D eigenvalue weighted by atomic mass is 16.6. The molecule has 1 fully saturated rings. The van der Waals surface area contributed by atoms with E-state index in [1.54, 1.807) is 13.4 Å². The standard InChI is InChI=1S/C12H17N5O2/c1-3-7-8(18-2)4-9(19-7)17-6-16-10-11(13)14-5-15-12(10)17/h5-9H,3-4H2,1-2H3,(H2,13,14,15)/t7-,8-,9-/m1/s1. The summed E-state index contributed by atoms with van der Waals surface area (Å²) in [4.78, 5) is 12.4. The highest BCUT2D eigenvalue weighted by Crippen LogP contribution is 2.33. The predicted octanol–water partition coefficient (Wildman–Crippen LogP) is 1.12. The van der Waals surface area contributed by atoms with Crippen molar-refractivity contribution in [1.29, 1.82) is 0 Å². The summed E-state index contributed by atoms with van der Waals surface area (Å²) in [6.45, 7) is 2.09. The van der Waals surface area contributed by atoms with Crippen LogP contribution in [0.1, 0.15) is 26.0 Å². The van der Waals surface area contributed by atoms with Gasteiger partial charge in [0.2, 0.25) is 0 Å². The van der Waals surface area contributed by atoms with Gasteiger partial charge in [0.1, 0.15) is 18.1 Å². The van der Waals surface area contributed by atoms with Gasteiger partial charge in [-0.05, 0) is 6.42 Å². The van der Waals surface area contributed by atoms with Gasteiger partial charge in [0.25, 0.3) is 0 Å². The topological polar surface area (TPSA) is 88.1 Å². The Kier molecular flexibility index (Phi) is 3.08. The van der Waals surface area contributed by atoms with Crippen LogP contribution in [0.25, 0.3) is 11.2 Å². The third-order valence-electron chi connectivity index (χ3n) is 3.58. The molecule has 0 aliphatic carbocycles. The number of rotatable bonds is 3. The van der Waals surface area contributed by atoms with Gasteiger partial charge >= 0.3 is 0 Å². The molecule has 102 valence electrons. The average Bonchev–Trinajstić information content (AvgIpc) is 3.02. The van der Waals surface area contributed by atoms with Crippen LogP contribution in [0, 0.1) is 0 Å². The largest absolute Gasteiger partial charge is 0.382 e. The number of fused-ring (bicyclic) bond motifs is 1. The van der Waals surface area contributed by atoms with E-state index >= 15 is 0 Å². The van der Waals surface area contributed by atoms with Crippen molar-refractivity contribution < 1.29 is 9.47 Å². The summed E-state index contributed by atoms with van der Waals surface area (Å²) in [5, 5.41) is 0. The van der Waals surface area contributed by atoms with E-state index in [1.807, 2.05) is 4.57 Å². The lowest BCUT2D eigenvalue weighted by atomic mass is 10.1. The van der Waals surface area contributed by atoms with E-state index in [2.05, 4.69) is 21.9 Å². The van der Waals surface area contributed by atoms with Crippen LogP contribution in [-0.4, -0.2) is 38.8 Å². The van der Waals surface area contributed by atoms with E-state index in [9.17, 15) is 0 Å². The minimum atomic E-state index is -0.116. The third-order valence-corrected chi connectivity index (χ3v) is 3.58. The van der Waals surface area contributed by atoms with Gasteiger partial charge < -0.3 is 15.2 Å². The molecular weight excluding hydrogens is 246 g/mol. The lowest BCUT2D eigenvalue weighted by Gasteiger charge is -2.14. The molecule has 1 saturated heterocycles. The molecule has 2 N–H and O–H groups in total. The Labute approximate surface area is 110 Å². The molecule has 3 rings (SSSR count). The lowest BCUT2D eigenvalue weighted by Crippen LogP contribution is -2.21. The van der Waals surface area contributed by atoms with E-state index in [0.29, 0.717) is 17.0 Å². The fourth-order valence-electron chi connectivity index (χ4n) is 2.56. The van der Waals surface area contributed by atoms with E-state index in [0.717, 1.165) is 12.8 Å².